The summed E-state index contributed by atoms with van der Waals surface area (Å²) in [4.78, 5) is 20.7. The summed E-state index contributed by atoms with van der Waals surface area (Å²) in [6.07, 6.45) is 0.103. The quantitative estimate of drug-likeness (QED) is 0.686. The lowest BCUT2D eigenvalue weighted by atomic mass is 10.2. The topological polar surface area (TPSA) is 48.1 Å². The fourth-order valence-corrected chi connectivity index (χ4v) is 4.97. The van der Waals surface area contributed by atoms with Crippen molar-refractivity contribution in [2.75, 3.05) is 65.5 Å². The Hall–Kier alpha value is -0.700. The number of amides is 1. The van der Waals surface area contributed by atoms with Crippen LogP contribution in [0.4, 0.5) is 0 Å². The molecule has 1 aromatic rings. The molecule has 0 aromatic carbocycles. The molecule has 1 unspecified atom stereocenters. The maximum absolute atomic E-state index is 12.3. The molecule has 0 radical (unpaired) electrons. The number of ether oxygens (including phenoxy) is 1. The van der Waals surface area contributed by atoms with Gasteiger partial charge in [-0.3, -0.25) is 19.5 Å². The first-order valence-corrected chi connectivity index (χ1v) is 11.5. The third-order valence-corrected chi connectivity index (χ3v) is 6.43. The highest BCUT2D eigenvalue weighted by Gasteiger charge is 2.23. The molecule has 3 rings (SSSR count). The lowest BCUT2D eigenvalue weighted by molar-refractivity contribution is -0.124. The van der Waals surface area contributed by atoms with E-state index in [4.69, 9.17) is 16.3 Å². The zero-order valence-corrected chi connectivity index (χ0v) is 18.6. The first-order chi connectivity index (χ1) is 13.5. The van der Waals surface area contributed by atoms with Gasteiger partial charge in [0, 0.05) is 63.8 Å². The van der Waals surface area contributed by atoms with Gasteiger partial charge in [0.25, 0.3) is 0 Å². The molecule has 2 aliphatic heterocycles. The Morgan fingerprint density at radius 1 is 1.21 bits per heavy atom. The van der Waals surface area contributed by atoms with Gasteiger partial charge in [0.2, 0.25) is 5.91 Å². The number of rotatable bonds is 8. The third kappa shape index (κ3) is 7.28. The van der Waals surface area contributed by atoms with Gasteiger partial charge in [0.15, 0.2) is 0 Å². The summed E-state index contributed by atoms with van der Waals surface area (Å²) in [6.45, 7) is 14.1. The predicted octanol–water partition coefficient (Wildman–Crippen LogP) is 1.99. The lowest BCUT2D eigenvalue weighted by Crippen LogP contribution is -2.51. The summed E-state index contributed by atoms with van der Waals surface area (Å²) in [5.74, 6) is 0.756. The van der Waals surface area contributed by atoms with Gasteiger partial charge in [0.05, 0.1) is 23.6 Å². The van der Waals surface area contributed by atoms with Gasteiger partial charge in [0.1, 0.15) is 0 Å². The van der Waals surface area contributed by atoms with Crippen molar-refractivity contribution in [3.63, 3.8) is 0 Å². The SMILES string of the molecule is CC(C)CN1CCOC(CNC(=O)CN2CCN(Cc3ccc(Cl)s3)CC2)C1. The van der Waals surface area contributed by atoms with Gasteiger partial charge in [-0.25, -0.2) is 0 Å². The van der Waals surface area contributed by atoms with Crippen LogP contribution in [-0.4, -0.2) is 92.2 Å². The monoisotopic (exact) mass is 428 g/mol. The van der Waals surface area contributed by atoms with Gasteiger partial charge < -0.3 is 10.1 Å². The van der Waals surface area contributed by atoms with E-state index in [0.717, 1.165) is 63.3 Å². The van der Waals surface area contributed by atoms with E-state index in [1.807, 2.05) is 6.07 Å². The van der Waals surface area contributed by atoms with Crippen LogP contribution in [0.25, 0.3) is 0 Å². The Kier molecular flexibility index (Phi) is 8.56. The van der Waals surface area contributed by atoms with Crippen molar-refractivity contribution in [2.24, 2.45) is 5.92 Å². The normalized spacial score (nSPS) is 22.6. The van der Waals surface area contributed by atoms with E-state index in [-0.39, 0.29) is 12.0 Å². The van der Waals surface area contributed by atoms with Crippen molar-refractivity contribution in [2.45, 2.75) is 26.5 Å². The standard InChI is InChI=1S/C20H33ClN4O2S/c1-16(2)12-25-9-10-27-17(13-25)11-22-20(26)15-24-7-5-23(6-8-24)14-18-3-4-19(21)28-18/h3-4,16-17H,5-15H2,1-2H3,(H,22,26). The van der Waals surface area contributed by atoms with Gasteiger partial charge in [-0.1, -0.05) is 25.4 Å². The molecule has 3 heterocycles. The van der Waals surface area contributed by atoms with Crippen LogP contribution < -0.4 is 5.32 Å². The first-order valence-electron chi connectivity index (χ1n) is 10.3. The van der Waals surface area contributed by atoms with Gasteiger partial charge in [-0.05, 0) is 18.1 Å². The highest BCUT2D eigenvalue weighted by atomic mass is 35.5. The summed E-state index contributed by atoms with van der Waals surface area (Å²) in [6, 6.07) is 4.06. The molecule has 0 bridgehead atoms. The molecule has 6 nitrogen and oxygen atoms in total. The van der Waals surface area contributed by atoms with Crippen LogP contribution in [0.3, 0.4) is 0 Å². The molecule has 158 valence electrons. The molecule has 2 saturated heterocycles. The zero-order valence-electron chi connectivity index (χ0n) is 17.0. The Bertz CT molecular complexity index is 619. The molecule has 8 heteroatoms. The predicted molar refractivity (Wildman–Crippen MR) is 115 cm³/mol. The number of carbonyl (C=O) groups excluding carboxylic acids is 1. The molecule has 0 saturated carbocycles. The number of thiophene rings is 1. The highest BCUT2D eigenvalue weighted by Crippen LogP contribution is 2.23. The number of hydrogen-bond donors (Lipinski definition) is 1. The van der Waals surface area contributed by atoms with E-state index in [2.05, 4.69) is 39.9 Å². The van der Waals surface area contributed by atoms with Crippen molar-refractivity contribution in [3.8, 4) is 0 Å². The Morgan fingerprint density at radius 2 is 1.96 bits per heavy atom. The molecular formula is C20H33ClN4O2S. The summed E-state index contributed by atoms with van der Waals surface area (Å²) in [5.41, 5.74) is 0. The van der Waals surface area contributed by atoms with Crippen molar-refractivity contribution >= 4 is 28.8 Å². The van der Waals surface area contributed by atoms with E-state index in [0.29, 0.717) is 19.0 Å². The second-order valence-electron chi connectivity index (χ2n) is 8.21. The van der Waals surface area contributed by atoms with Crippen molar-refractivity contribution in [3.05, 3.63) is 21.3 Å². The minimum atomic E-state index is 0.100. The Morgan fingerprint density at radius 3 is 2.64 bits per heavy atom. The smallest absolute Gasteiger partial charge is 0.234 e. The number of halogens is 1. The van der Waals surface area contributed by atoms with Crippen molar-refractivity contribution < 1.29 is 9.53 Å². The third-order valence-electron chi connectivity index (χ3n) is 5.21. The molecule has 0 aliphatic carbocycles. The lowest BCUT2D eigenvalue weighted by Gasteiger charge is -2.35. The summed E-state index contributed by atoms with van der Waals surface area (Å²) < 4.78 is 6.66. The number of carbonyl (C=O) groups is 1. The molecule has 1 aromatic heterocycles. The number of nitrogens with one attached hydrogen (secondary N) is 1. The molecule has 28 heavy (non-hydrogen) atoms. The van der Waals surface area contributed by atoms with Crippen LogP contribution in [-0.2, 0) is 16.1 Å². The van der Waals surface area contributed by atoms with E-state index < -0.39 is 0 Å². The van der Waals surface area contributed by atoms with E-state index in [1.165, 1.54) is 4.88 Å². The van der Waals surface area contributed by atoms with E-state index >= 15 is 0 Å². The maximum atomic E-state index is 12.3. The minimum Gasteiger partial charge on any atom is -0.374 e. The molecule has 2 fully saturated rings. The molecule has 2 aliphatic rings. The van der Waals surface area contributed by atoms with Crippen LogP contribution in [0.5, 0.6) is 0 Å². The fourth-order valence-electron chi connectivity index (χ4n) is 3.84. The van der Waals surface area contributed by atoms with Gasteiger partial charge in [-0.15, -0.1) is 11.3 Å². The first kappa shape index (κ1) is 22.0. The van der Waals surface area contributed by atoms with Crippen molar-refractivity contribution in [1.29, 1.82) is 0 Å². The van der Waals surface area contributed by atoms with Crippen molar-refractivity contribution in [1.82, 2.24) is 20.0 Å². The van der Waals surface area contributed by atoms with Crippen LogP contribution in [0.15, 0.2) is 12.1 Å². The number of nitrogens with zero attached hydrogens (tertiary/aromatic N) is 3. The molecule has 1 amide bonds. The highest BCUT2D eigenvalue weighted by molar-refractivity contribution is 7.16. The molecule has 1 N–H and O–H groups in total. The summed E-state index contributed by atoms with van der Waals surface area (Å²) in [5, 5.41) is 3.07. The molecular weight excluding hydrogens is 396 g/mol. The second kappa shape index (κ2) is 10.9. The average Bonchev–Trinajstić information content (AvgIpc) is 3.06. The average molecular weight is 429 g/mol. The minimum absolute atomic E-state index is 0.100. The van der Waals surface area contributed by atoms with Crippen LogP contribution >= 0.6 is 22.9 Å². The van der Waals surface area contributed by atoms with Crippen LogP contribution in [0.1, 0.15) is 18.7 Å². The van der Waals surface area contributed by atoms with Crippen LogP contribution in [0.2, 0.25) is 4.34 Å². The number of piperazine rings is 1. The maximum Gasteiger partial charge on any atom is 0.234 e. The van der Waals surface area contributed by atoms with E-state index in [1.54, 1.807) is 11.3 Å². The van der Waals surface area contributed by atoms with Gasteiger partial charge in [-0.2, -0.15) is 0 Å². The summed E-state index contributed by atoms with van der Waals surface area (Å²) >= 11 is 7.66. The van der Waals surface area contributed by atoms with Crippen LogP contribution in [0, 0.1) is 5.92 Å². The van der Waals surface area contributed by atoms with E-state index in [9.17, 15) is 4.79 Å². The Labute approximate surface area is 177 Å². The number of morpholine rings is 1. The largest absolute Gasteiger partial charge is 0.374 e. The summed E-state index contributed by atoms with van der Waals surface area (Å²) in [7, 11) is 0. The molecule has 0 spiro atoms. The number of hydrogen-bond acceptors (Lipinski definition) is 6. The second-order valence-corrected chi connectivity index (χ2v) is 10.0. The zero-order chi connectivity index (χ0) is 19.9. The fraction of sp³-hybridized carbons (Fsp3) is 0.750. The Balaban J connectivity index is 1.31. The van der Waals surface area contributed by atoms with Gasteiger partial charge >= 0.3 is 0 Å². The molecule has 1 atom stereocenters.